The van der Waals surface area contributed by atoms with Gasteiger partial charge in [-0.15, -0.1) is 0 Å². The van der Waals surface area contributed by atoms with E-state index in [4.69, 9.17) is 9.47 Å². The van der Waals surface area contributed by atoms with Crippen molar-refractivity contribution >= 4 is 30.2 Å². The number of fused-ring (bicyclic) bond motifs is 6. The van der Waals surface area contributed by atoms with Crippen LogP contribution < -0.4 is 10.1 Å². The Bertz CT molecular complexity index is 1240. The van der Waals surface area contributed by atoms with Crippen molar-refractivity contribution in [2.24, 2.45) is 0 Å². The smallest absolute Gasteiger partial charge is 0.340 e. The first-order valence-electron chi connectivity index (χ1n) is 9.07. The summed E-state index contributed by atoms with van der Waals surface area (Å²) < 4.78 is 12.0. The lowest BCUT2D eigenvalue weighted by Crippen LogP contribution is -2.33. The molecule has 1 amide bonds. The Kier molecular flexibility index (Phi) is 3.94. The van der Waals surface area contributed by atoms with E-state index in [9.17, 15) is 19.8 Å². The number of esters is 1. The summed E-state index contributed by atoms with van der Waals surface area (Å²) in [6.07, 6.45) is 0. The first-order valence-corrected chi connectivity index (χ1v) is 9.70. The number of nitrogens with one attached hydrogen (secondary N) is 1. The molecule has 0 aliphatic carbocycles. The fourth-order valence-corrected chi connectivity index (χ4v) is 4.09. The number of benzene rings is 3. The van der Waals surface area contributed by atoms with Crippen molar-refractivity contribution < 1.29 is 29.3 Å². The summed E-state index contributed by atoms with van der Waals surface area (Å²) in [6, 6.07) is 14.5. The quantitative estimate of drug-likeness (QED) is 0.287. The van der Waals surface area contributed by atoms with E-state index >= 15 is 0 Å². The van der Waals surface area contributed by atoms with Crippen LogP contribution in [0.25, 0.3) is 0 Å². The summed E-state index contributed by atoms with van der Waals surface area (Å²) in [7, 11) is 0. The predicted molar refractivity (Wildman–Crippen MR) is 111 cm³/mol. The van der Waals surface area contributed by atoms with Gasteiger partial charge in [-0.2, -0.15) is 12.6 Å². The zero-order valence-corrected chi connectivity index (χ0v) is 16.3. The molecule has 7 nitrogen and oxygen atoms in total. The van der Waals surface area contributed by atoms with Gasteiger partial charge >= 0.3 is 5.97 Å². The largest absolute Gasteiger partial charge is 0.508 e. The van der Waals surface area contributed by atoms with Gasteiger partial charge < -0.3 is 25.0 Å². The van der Waals surface area contributed by atoms with Gasteiger partial charge in [-0.3, -0.25) is 4.79 Å². The number of carbonyl (C=O) groups is 2. The number of phenolic OH excluding ortho intramolecular Hbond substituents is 2. The molecular weight excluding hydrogens is 406 g/mol. The molecule has 3 aromatic rings. The van der Waals surface area contributed by atoms with E-state index in [1.54, 1.807) is 36.4 Å². The Morgan fingerprint density at radius 2 is 1.80 bits per heavy atom. The van der Waals surface area contributed by atoms with Crippen LogP contribution in [-0.4, -0.2) is 27.8 Å². The zero-order valence-electron chi connectivity index (χ0n) is 15.4. The fourth-order valence-electron chi connectivity index (χ4n) is 4.01. The number of phenols is 2. The van der Waals surface area contributed by atoms with Gasteiger partial charge in [0.25, 0.3) is 0 Å². The third kappa shape index (κ3) is 2.40. The van der Waals surface area contributed by atoms with E-state index in [1.807, 2.05) is 0 Å². The molecule has 2 aliphatic heterocycles. The Hall–Kier alpha value is -3.65. The fraction of sp³-hybridized carbons (Fsp3) is 0.0909. The van der Waals surface area contributed by atoms with Gasteiger partial charge in [0.15, 0.2) is 11.4 Å². The Morgan fingerprint density at radius 1 is 1.03 bits per heavy atom. The Morgan fingerprint density at radius 3 is 2.60 bits per heavy atom. The van der Waals surface area contributed by atoms with E-state index in [0.29, 0.717) is 22.3 Å². The molecule has 1 spiro atoms. The number of anilines is 1. The topological polar surface area (TPSA) is 105 Å². The van der Waals surface area contributed by atoms with Gasteiger partial charge in [0.1, 0.15) is 22.9 Å². The number of thiol groups is 1. The van der Waals surface area contributed by atoms with E-state index in [-0.39, 0.29) is 34.4 Å². The molecule has 8 heteroatoms. The molecular formula is C22H15NO6S. The van der Waals surface area contributed by atoms with Crippen molar-refractivity contribution in [3.05, 3.63) is 76.9 Å². The van der Waals surface area contributed by atoms with Crippen LogP contribution in [0.4, 0.5) is 5.69 Å². The van der Waals surface area contributed by atoms with Crippen molar-refractivity contribution in [1.82, 2.24) is 0 Å². The highest BCUT2D eigenvalue weighted by Crippen LogP contribution is 2.59. The number of hydrogen-bond donors (Lipinski definition) is 4. The third-order valence-electron chi connectivity index (χ3n) is 5.25. The molecule has 5 rings (SSSR count). The monoisotopic (exact) mass is 421 g/mol. The second-order valence-electron chi connectivity index (χ2n) is 6.94. The summed E-state index contributed by atoms with van der Waals surface area (Å²) in [5, 5.41) is 23.0. The number of hydrogen-bond acceptors (Lipinski definition) is 7. The molecule has 3 N–H and O–H groups in total. The SMILES string of the molecule is O=C(CS)Nc1c(O)ccc2c1Oc1cc(O)ccc1C21OC(=O)c2ccccc21. The highest BCUT2D eigenvalue weighted by Gasteiger charge is 2.54. The van der Waals surface area contributed by atoms with Crippen molar-refractivity contribution in [2.75, 3.05) is 11.1 Å². The van der Waals surface area contributed by atoms with Crippen LogP contribution in [-0.2, 0) is 15.1 Å². The Labute approximate surface area is 176 Å². The zero-order chi connectivity index (χ0) is 21.0. The van der Waals surface area contributed by atoms with Crippen LogP contribution in [0.15, 0.2) is 54.6 Å². The molecule has 0 aromatic heterocycles. The highest BCUT2D eigenvalue weighted by molar-refractivity contribution is 7.81. The molecule has 1 unspecified atom stereocenters. The van der Waals surface area contributed by atoms with Crippen molar-refractivity contribution in [3.8, 4) is 23.0 Å². The maximum absolute atomic E-state index is 12.8. The molecule has 1 atom stereocenters. The molecule has 0 radical (unpaired) electrons. The number of amides is 1. The number of carbonyl (C=O) groups excluding carboxylic acids is 2. The molecule has 0 bridgehead atoms. The van der Waals surface area contributed by atoms with Crippen LogP contribution in [0.2, 0.25) is 0 Å². The molecule has 2 aliphatic rings. The van der Waals surface area contributed by atoms with E-state index < -0.39 is 17.5 Å². The average Bonchev–Trinajstić information content (AvgIpc) is 3.03. The van der Waals surface area contributed by atoms with Gasteiger partial charge in [0.05, 0.1) is 16.9 Å². The van der Waals surface area contributed by atoms with Gasteiger partial charge in [-0.05, 0) is 30.3 Å². The second-order valence-corrected chi connectivity index (χ2v) is 7.26. The molecule has 30 heavy (non-hydrogen) atoms. The molecule has 0 saturated heterocycles. The van der Waals surface area contributed by atoms with Crippen molar-refractivity contribution in [3.63, 3.8) is 0 Å². The van der Waals surface area contributed by atoms with Gasteiger partial charge in [0.2, 0.25) is 5.91 Å². The maximum Gasteiger partial charge on any atom is 0.340 e. The maximum atomic E-state index is 12.8. The van der Waals surface area contributed by atoms with E-state index in [1.165, 1.54) is 18.2 Å². The minimum absolute atomic E-state index is 0.0281. The lowest BCUT2D eigenvalue weighted by Gasteiger charge is -2.37. The lowest BCUT2D eigenvalue weighted by atomic mass is 9.77. The van der Waals surface area contributed by atoms with Crippen molar-refractivity contribution in [2.45, 2.75) is 5.60 Å². The number of aromatic hydroxyl groups is 2. The van der Waals surface area contributed by atoms with Crippen molar-refractivity contribution in [1.29, 1.82) is 0 Å². The van der Waals surface area contributed by atoms with Crippen LogP contribution in [0.3, 0.4) is 0 Å². The first kappa shape index (κ1) is 18.4. The number of ether oxygens (including phenoxy) is 2. The van der Waals surface area contributed by atoms with Crippen LogP contribution >= 0.6 is 12.6 Å². The van der Waals surface area contributed by atoms with E-state index in [0.717, 1.165) is 0 Å². The number of rotatable bonds is 2. The first-order chi connectivity index (χ1) is 14.5. The van der Waals surface area contributed by atoms with Crippen LogP contribution in [0.1, 0.15) is 27.0 Å². The summed E-state index contributed by atoms with van der Waals surface area (Å²) in [4.78, 5) is 24.8. The third-order valence-corrected chi connectivity index (χ3v) is 5.54. The van der Waals surface area contributed by atoms with Crippen LogP contribution in [0, 0.1) is 0 Å². The molecule has 150 valence electrons. The summed E-state index contributed by atoms with van der Waals surface area (Å²) in [5.74, 6) is -0.988. The predicted octanol–water partition coefficient (Wildman–Crippen LogP) is 3.53. The standard InChI is InChI=1S/C22H15NO6S/c24-11-5-6-14-17(9-11)28-20-15(7-8-16(25)19(20)23-18(26)10-30)22(14)13-4-2-1-3-12(13)21(27)29-22/h1-9,24-25,30H,10H2,(H,23,26). The minimum Gasteiger partial charge on any atom is -0.508 e. The van der Waals surface area contributed by atoms with Gasteiger partial charge in [0, 0.05) is 17.2 Å². The second kappa shape index (κ2) is 6.43. The van der Waals surface area contributed by atoms with E-state index in [2.05, 4.69) is 17.9 Å². The van der Waals surface area contributed by atoms with Gasteiger partial charge in [-0.25, -0.2) is 4.79 Å². The summed E-state index contributed by atoms with van der Waals surface area (Å²) in [5.41, 5.74) is 0.621. The normalized spacial score (nSPS) is 18.1. The molecule has 0 fully saturated rings. The minimum atomic E-state index is -1.36. The lowest BCUT2D eigenvalue weighted by molar-refractivity contribution is -0.113. The Balaban J connectivity index is 1.86. The summed E-state index contributed by atoms with van der Waals surface area (Å²) in [6.45, 7) is 0. The molecule has 0 saturated carbocycles. The van der Waals surface area contributed by atoms with Crippen LogP contribution in [0.5, 0.6) is 23.0 Å². The molecule has 3 aromatic carbocycles. The van der Waals surface area contributed by atoms with Gasteiger partial charge in [-0.1, -0.05) is 18.2 Å². The average molecular weight is 421 g/mol. The summed E-state index contributed by atoms with van der Waals surface area (Å²) >= 11 is 3.96. The highest BCUT2D eigenvalue weighted by atomic mass is 32.1. The molecule has 2 heterocycles.